The van der Waals surface area contributed by atoms with E-state index in [4.69, 9.17) is 16.3 Å². The summed E-state index contributed by atoms with van der Waals surface area (Å²) in [5.41, 5.74) is 0.286. The van der Waals surface area contributed by atoms with Crippen molar-refractivity contribution in [2.24, 2.45) is 0 Å². The lowest BCUT2D eigenvalue weighted by Crippen LogP contribution is -2.54. The van der Waals surface area contributed by atoms with Gasteiger partial charge in [0, 0.05) is 13.1 Å². The quantitative estimate of drug-likeness (QED) is 0.859. The van der Waals surface area contributed by atoms with Gasteiger partial charge in [-0.1, -0.05) is 11.6 Å². The van der Waals surface area contributed by atoms with Crippen LogP contribution >= 0.6 is 11.6 Å². The van der Waals surface area contributed by atoms with E-state index in [1.807, 2.05) is 18.7 Å². The van der Waals surface area contributed by atoms with E-state index in [9.17, 15) is 5.11 Å². The minimum Gasteiger partial charge on any atom is -0.394 e. The Bertz CT molecular complexity index is 441. The summed E-state index contributed by atoms with van der Waals surface area (Å²) < 4.78 is 5.73. The summed E-state index contributed by atoms with van der Waals surface area (Å²) in [4.78, 5) is 6.27. The van der Waals surface area contributed by atoms with E-state index in [-0.39, 0.29) is 18.3 Å². The fourth-order valence-electron chi connectivity index (χ4n) is 2.06. The van der Waals surface area contributed by atoms with Gasteiger partial charge in [0.15, 0.2) is 5.15 Å². The second kappa shape index (κ2) is 4.95. The average Bonchev–Trinajstić information content (AvgIpc) is 2.30. The van der Waals surface area contributed by atoms with E-state index >= 15 is 0 Å². The van der Waals surface area contributed by atoms with Gasteiger partial charge in [0.25, 0.3) is 0 Å². The molecule has 6 nitrogen and oxygen atoms in total. The molecule has 1 atom stereocenters. The number of morpholine rings is 1. The van der Waals surface area contributed by atoms with Crippen LogP contribution in [0.5, 0.6) is 0 Å². The Morgan fingerprint density at radius 2 is 2.22 bits per heavy atom. The van der Waals surface area contributed by atoms with Gasteiger partial charge in [-0.05, 0) is 20.8 Å². The van der Waals surface area contributed by atoms with Crippen molar-refractivity contribution in [3.05, 3.63) is 10.8 Å². The first kappa shape index (κ1) is 13.5. The molecule has 0 saturated carbocycles. The molecule has 1 aliphatic heterocycles. The maximum atomic E-state index is 9.26. The fourth-order valence-corrected chi connectivity index (χ4v) is 2.14. The Hall–Kier alpha value is -0.980. The molecule has 2 rings (SSSR count). The van der Waals surface area contributed by atoms with Crippen LogP contribution in [0.3, 0.4) is 0 Å². The van der Waals surface area contributed by atoms with E-state index < -0.39 is 0 Å². The first-order valence-electron chi connectivity index (χ1n) is 5.82. The third-order valence-electron chi connectivity index (χ3n) is 2.76. The number of aliphatic hydroxyl groups excluding tert-OH is 1. The summed E-state index contributed by atoms with van der Waals surface area (Å²) in [6.07, 6.45) is -0.242. The van der Waals surface area contributed by atoms with Crippen molar-refractivity contribution in [3.63, 3.8) is 0 Å². The van der Waals surface area contributed by atoms with Gasteiger partial charge in [-0.3, -0.25) is 0 Å². The largest absolute Gasteiger partial charge is 0.394 e. The summed E-state index contributed by atoms with van der Waals surface area (Å²) in [6.45, 7) is 6.89. The topological polar surface area (TPSA) is 71.4 Å². The molecular weight excluding hydrogens is 256 g/mol. The highest BCUT2D eigenvalue weighted by Gasteiger charge is 2.34. The minimum absolute atomic E-state index is 0.0278. The molecule has 0 bridgehead atoms. The van der Waals surface area contributed by atoms with Gasteiger partial charge < -0.3 is 14.7 Å². The van der Waals surface area contributed by atoms with E-state index in [1.54, 1.807) is 6.92 Å². The Morgan fingerprint density at radius 3 is 2.83 bits per heavy atom. The number of anilines is 1. The molecule has 1 aliphatic rings. The molecule has 100 valence electrons. The number of hydrogen-bond acceptors (Lipinski definition) is 6. The van der Waals surface area contributed by atoms with E-state index in [1.165, 1.54) is 0 Å². The Kier molecular flexibility index (Phi) is 3.70. The molecule has 1 aromatic rings. The molecule has 0 aliphatic carbocycles. The Labute approximate surface area is 111 Å². The lowest BCUT2D eigenvalue weighted by atomic mass is 10.1. The van der Waals surface area contributed by atoms with Crippen LogP contribution in [-0.2, 0) is 4.74 Å². The predicted molar refractivity (Wildman–Crippen MR) is 67.8 cm³/mol. The van der Waals surface area contributed by atoms with Crippen LogP contribution in [0, 0.1) is 6.92 Å². The Balaban J connectivity index is 2.23. The second-order valence-corrected chi connectivity index (χ2v) is 5.41. The lowest BCUT2D eigenvalue weighted by Gasteiger charge is -2.42. The van der Waals surface area contributed by atoms with E-state index in [0.29, 0.717) is 29.9 Å². The van der Waals surface area contributed by atoms with Crippen molar-refractivity contribution in [3.8, 4) is 0 Å². The van der Waals surface area contributed by atoms with Crippen LogP contribution in [0.4, 0.5) is 5.95 Å². The normalized spacial score (nSPS) is 23.2. The molecule has 1 aromatic heterocycles. The zero-order valence-electron chi connectivity index (χ0n) is 10.7. The molecule has 7 heteroatoms. The molecule has 0 unspecified atom stereocenters. The zero-order valence-corrected chi connectivity index (χ0v) is 11.5. The molecule has 18 heavy (non-hydrogen) atoms. The van der Waals surface area contributed by atoms with Crippen LogP contribution in [0.15, 0.2) is 0 Å². The minimum atomic E-state index is -0.359. The summed E-state index contributed by atoms with van der Waals surface area (Å²) in [5.74, 6) is 0.520. The number of aryl methyl sites for hydroxylation is 1. The molecule has 0 aromatic carbocycles. The van der Waals surface area contributed by atoms with Gasteiger partial charge in [0.2, 0.25) is 5.95 Å². The van der Waals surface area contributed by atoms with Gasteiger partial charge in [-0.25, -0.2) is 4.98 Å². The van der Waals surface area contributed by atoms with Crippen LogP contribution in [0.1, 0.15) is 19.5 Å². The van der Waals surface area contributed by atoms with Crippen LogP contribution in [0.2, 0.25) is 5.15 Å². The average molecular weight is 273 g/mol. The summed E-state index contributed by atoms with van der Waals surface area (Å²) in [6, 6.07) is 0. The van der Waals surface area contributed by atoms with Gasteiger partial charge in [0.05, 0.1) is 24.0 Å². The van der Waals surface area contributed by atoms with Crippen molar-refractivity contribution < 1.29 is 9.84 Å². The standard InChI is InChI=1S/C11H17ClN4O2/c1-7-9(12)14-15-10(13-7)16-4-8(5-17)18-11(2,3)6-16/h8,17H,4-6H2,1-3H3/t8-/m1/s1. The number of nitrogens with zero attached hydrogens (tertiary/aromatic N) is 4. The molecule has 0 amide bonds. The number of aromatic nitrogens is 3. The lowest BCUT2D eigenvalue weighted by molar-refractivity contribution is -0.101. The highest BCUT2D eigenvalue weighted by Crippen LogP contribution is 2.24. The second-order valence-electron chi connectivity index (χ2n) is 5.05. The highest BCUT2D eigenvalue weighted by atomic mass is 35.5. The maximum Gasteiger partial charge on any atom is 0.245 e. The molecule has 1 saturated heterocycles. The van der Waals surface area contributed by atoms with Crippen molar-refractivity contribution in [2.45, 2.75) is 32.5 Å². The first-order chi connectivity index (χ1) is 8.41. The first-order valence-corrected chi connectivity index (χ1v) is 6.19. The summed E-state index contributed by atoms with van der Waals surface area (Å²) >= 11 is 5.81. The zero-order chi connectivity index (χ0) is 13.3. The highest BCUT2D eigenvalue weighted by molar-refractivity contribution is 6.29. The Morgan fingerprint density at radius 1 is 1.50 bits per heavy atom. The monoisotopic (exact) mass is 272 g/mol. The van der Waals surface area contributed by atoms with Crippen molar-refractivity contribution in [2.75, 3.05) is 24.6 Å². The third kappa shape index (κ3) is 2.88. The fraction of sp³-hybridized carbons (Fsp3) is 0.727. The molecule has 1 N–H and O–H groups in total. The number of ether oxygens (including phenoxy) is 1. The van der Waals surface area contributed by atoms with Crippen LogP contribution in [-0.4, -0.2) is 51.7 Å². The van der Waals surface area contributed by atoms with Crippen molar-refractivity contribution in [1.29, 1.82) is 0 Å². The van der Waals surface area contributed by atoms with Crippen molar-refractivity contribution >= 4 is 17.5 Å². The van der Waals surface area contributed by atoms with E-state index in [0.717, 1.165) is 0 Å². The van der Waals surface area contributed by atoms with Gasteiger partial charge in [0.1, 0.15) is 0 Å². The molecule has 2 heterocycles. The van der Waals surface area contributed by atoms with Gasteiger partial charge in [-0.2, -0.15) is 0 Å². The van der Waals surface area contributed by atoms with Crippen molar-refractivity contribution in [1.82, 2.24) is 15.2 Å². The summed E-state index contributed by atoms with van der Waals surface area (Å²) in [7, 11) is 0. The maximum absolute atomic E-state index is 9.26. The van der Waals surface area contributed by atoms with Gasteiger partial charge in [-0.15, -0.1) is 10.2 Å². The molecular formula is C11H17ClN4O2. The predicted octanol–water partition coefficient (Wildman–Crippen LogP) is 0.810. The number of halogens is 1. The van der Waals surface area contributed by atoms with E-state index in [2.05, 4.69) is 15.2 Å². The number of rotatable bonds is 2. The SMILES string of the molecule is Cc1nc(N2C[C@H](CO)OC(C)(C)C2)nnc1Cl. The smallest absolute Gasteiger partial charge is 0.245 e. The number of aliphatic hydroxyl groups is 1. The molecule has 0 radical (unpaired) electrons. The molecule has 0 spiro atoms. The van der Waals surface area contributed by atoms with Crippen LogP contribution < -0.4 is 4.90 Å². The molecule has 1 fully saturated rings. The van der Waals surface area contributed by atoms with Gasteiger partial charge >= 0.3 is 0 Å². The summed E-state index contributed by atoms with van der Waals surface area (Å²) in [5, 5.41) is 17.4. The third-order valence-corrected chi connectivity index (χ3v) is 3.11. The number of hydrogen-bond donors (Lipinski definition) is 1. The van der Waals surface area contributed by atoms with Crippen LogP contribution in [0.25, 0.3) is 0 Å².